The Morgan fingerprint density at radius 1 is 1.20 bits per heavy atom. The molecule has 30 heavy (non-hydrogen) atoms. The first-order valence-electron chi connectivity index (χ1n) is 8.14. The summed E-state index contributed by atoms with van der Waals surface area (Å²) in [6.07, 6.45) is -4.46. The van der Waals surface area contributed by atoms with Gasteiger partial charge in [-0.3, -0.25) is 10.1 Å². The Bertz CT molecular complexity index is 940. The van der Waals surface area contributed by atoms with Gasteiger partial charge < -0.3 is 19.3 Å². The summed E-state index contributed by atoms with van der Waals surface area (Å²) in [5.41, 5.74) is -2.00. The Morgan fingerprint density at radius 3 is 2.47 bits per heavy atom. The number of nitro groups is 1. The van der Waals surface area contributed by atoms with Gasteiger partial charge in [0.25, 0.3) is 5.69 Å². The molecule has 0 radical (unpaired) electrons. The van der Waals surface area contributed by atoms with Crippen molar-refractivity contribution in [2.45, 2.75) is 12.6 Å². The van der Waals surface area contributed by atoms with Crippen LogP contribution in [-0.2, 0) is 10.9 Å². The number of esters is 1. The Labute approximate surface area is 173 Å². The van der Waals surface area contributed by atoms with Crippen LogP contribution in [0.2, 0.25) is 5.02 Å². The lowest BCUT2D eigenvalue weighted by Crippen LogP contribution is -2.10. The van der Waals surface area contributed by atoms with Crippen LogP contribution in [0.1, 0.15) is 22.3 Å². The second kappa shape index (κ2) is 10.0. The molecule has 0 unspecified atom stereocenters. The number of benzene rings is 2. The van der Waals surface area contributed by atoms with Crippen LogP contribution in [0.5, 0.6) is 11.5 Å². The molecule has 13 heteroatoms. The number of carbonyl (C=O) groups excluding carboxylic acids is 1. The number of carbonyl (C=O) groups is 1. The topological polar surface area (TPSA) is 119 Å². The molecule has 2 N–H and O–H groups in total. The zero-order valence-electron chi connectivity index (χ0n) is 14.9. The molecule has 0 aliphatic heterocycles. The van der Waals surface area contributed by atoms with Gasteiger partial charge in [0.2, 0.25) is 0 Å². The summed E-state index contributed by atoms with van der Waals surface area (Å²) in [6, 6.07) is 5.51. The second-order valence-electron chi connectivity index (χ2n) is 5.77. The number of hydrogen-bond donors (Lipinski definition) is 2. The fourth-order valence-corrected chi connectivity index (χ4v) is 2.87. The lowest BCUT2D eigenvalue weighted by atomic mass is 10.1. The van der Waals surface area contributed by atoms with Crippen molar-refractivity contribution in [1.29, 1.82) is 0 Å². The molecular formula is C17H14ClF3NO7P. The van der Waals surface area contributed by atoms with E-state index in [1.807, 2.05) is 0 Å². The summed E-state index contributed by atoms with van der Waals surface area (Å²) >= 11 is 5.82. The molecule has 162 valence electrons. The van der Waals surface area contributed by atoms with Gasteiger partial charge in [0.15, 0.2) is 8.38 Å². The van der Waals surface area contributed by atoms with Crippen molar-refractivity contribution >= 4 is 31.6 Å². The zero-order valence-corrected chi connectivity index (χ0v) is 16.6. The van der Waals surface area contributed by atoms with Crippen molar-refractivity contribution in [3.8, 4) is 11.5 Å². The third-order valence-electron chi connectivity index (χ3n) is 3.61. The van der Waals surface area contributed by atoms with Gasteiger partial charge in [0.05, 0.1) is 22.1 Å². The van der Waals surface area contributed by atoms with Gasteiger partial charge in [-0.2, -0.15) is 13.2 Å². The molecule has 0 atom stereocenters. The average Bonchev–Trinajstić information content (AvgIpc) is 2.65. The van der Waals surface area contributed by atoms with Gasteiger partial charge in [0.1, 0.15) is 17.1 Å². The number of rotatable bonds is 8. The molecule has 8 nitrogen and oxygen atoms in total. The summed E-state index contributed by atoms with van der Waals surface area (Å²) in [6.45, 7) is -0.203. The second-order valence-corrected chi connectivity index (χ2v) is 7.37. The quantitative estimate of drug-likeness (QED) is 0.186. The fourth-order valence-electron chi connectivity index (χ4n) is 2.24. The van der Waals surface area contributed by atoms with E-state index in [9.17, 15) is 28.1 Å². The predicted octanol–water partition coefficient (Wildman–Crippen LogP) is 4.90. The number of ether oxygens (including phenoxy) is 2. The standard InChI is InChI=1S/C17H14ClF3NO7P/c18-13-8-10(17(19,20)21)2-5-15(13)29-11-3-4-14(22(24)25)12(9-11)16(23)28-6-1-7-30(26)27/h2-5,8-9,26-27H,1,6-7H2. The Hall–Kier alpha value is -2.46. The molecule has 0 heterocycles. The van der Waals surface area contributed by atoms with Crippen LogP contribution >= 0.6 is 20.0 Å². The highest BCUT2D eigenvalue weighted by molar-refractivity contribution is 7.45. The zero-order chi connectivity index (χ0) is 22.5. The summed E-state index contributed by atoms with van der Waals surface area (Å²) in [5, 5.41) is 10.8. The van der Waals surface area contributed by atoms with Crippen molar-refractivity contribution in [2.24, 2.45) is 0 Å². The van der Waals surface area contributed by atoms with Gasteiger partial charge in [0, 0.05) is 18.3 Å². The summed E-state index contributed by atoms with van der Waals surface area (Å²) in [4.78, 5) is 40.2. The van der Waals surface area contributed by atoms with E-state index in [0.717, 1.165) is 30.3 Å². The van der Waals surface area contributed by atoms with Crippen LogP contribution in [0.3, 0.4) is 0 Å². The largest absolute Gasteiger partial charge is 0.462 e. The molecule has 2 rings (SSSR count). The van der Waals surface area contributed by atoms with Crippen LogP contribution < -0.4 is 4.74 Å². The first-order chi connectivity index (χ1) is 14.0. The van der Waals surface area contributed by atoms with Crippen molar-refractivity contribution in [3.05, 3.63) is 62.7 Å². The molecule has 0 bridgehead atoms. The summed E-state index contributed by atoms with van der Waals surface area (Å²) in [7, 11) is -2.15. The molecule has 0 saturated heterocycles. The third kappa shape index (κ3) is 6.53. The first-order valence-corrected chi connectivity index (χ1v) is 9.95. The monoisotopic (exact) mass is 467 g/mol. The normalized spacial score (nSPS) is 11.4. The molecule has 0 aliphatic rings. The minimum atomic E-state index is -4.60. The maximum atomic E-state index is 12.7. The van der Waals surface area contributed by atoms with Crippen molar-refractivity contribution < 1.29 is 42.1 Å². The van der Waals surface area contributed by atoms with Crippen molar-refractivity contribution in [1.82, 2.24) is 0 Å². The summed E-state index contributed by atoms with van der Waals surface area (Å²) in [5.74, 6) is -1.30. The number of nitrogens with zero attached hydrogens (tertiary/aromatic N) is 1. The molecule has 0 spiro atoms. The minimum Gasteiger partial charge on any atom is -0.462 e. The van der Waals surface area contributed by atoms with Crippen LogP contribution in [0.4, 0.5) is 18.9 Å². The first kappa shape index (κ1) is 23.8. The Kier molecular flexibility index (Phi) is 7.96. The van der Waals surface area contributed by atoms with Gasteiger partial charge >= 0.3 is 12.1 Å². The van der Waals surface area contributed by atoms with Crippen LogP contribution in [0.15, 0.2) is 36.4 Å². The number of halogens is 4. The molecule has 0 aliphatic carbocycles. The third-order valence-corrected chi connectivity index (χ3v) is 4.62. The molecular weight excluding hydrogens is 454 g/mol. The van der Waals surface area contributed by atoms with Gasteiger partial charge in [-0.05, 0) is 30.7 Å². The summed E-state index contributed by atoms with van der Waals surface area (Å²) < 4.78 is 48.4. The van der Waals surface area contributed by atoms with Gasteiger partial charge in [-0.25, -0.2) is 4.79 Å². The fraction of sp³-hybridized carbons (Fsp3) is 0.235. The molecule has 2 aromatic carbocycles. The van der Waals surface area contributed by atoms with Crippen LogP contribution in [-0.4, -0.2) is 33.4 Å². The predicted molar refractivity (Wildman–Crippen MR) is 101 cm³/mol. The van der Waals surface area contributed by atoms with Crippen molar-refractivity contribution in [3.63, 3.8) is 0 Å². The van der Waals surface area contributed by atoms with E-state index in [1.165, 1.54) is 0 Å². The molecule has 2 aromatic rings. The smallest absolute Gasteiger partial charge is 0.416 e. The van der Waals surface area contributed by atoms with E-state index in [1.54, 1.807) is 0 Å². The van der Waals surface area contributed by atoms with E-state index < -0.39 is 42.3 Å². The lowest BCUT2D eigenvalue weighted by Gasteiger charge is -2.12. The molecule has 0 fully saturated rings. The maximum Gasteiger partial charge on any atom is 0.416 e. The maximum absolute atomic E-state index is 12.7. The van der Waals surface area contributed by atoms with Crippen LogP contribution in [0.25, 0.3) is 0 Å². The minimum absolute atomic E-state index is 0.000275. The number of alkyl halides is 3. The Balaban J connectivity index is 2.23. The highest BCUT2D eigenvalue weighted by Gasteiger charge is 2.31. The van der Waals surface area contributed by atoms with Gasteiger partial charge in [-0.15, -0.1) is 0 Å². The average molecular weight is 468 g/mol. The van der Waals surface area contributed by atoms with E-state index >= 15 is 0 Å². The van der Waals surface area contributed by atoms with Crippen molar-refractivity contribution in [2.75, 3.05) is 12.8 Å². The van der Waals surface area contributed by atoms with E-state index in [0.29, 0.717) is 6.07 Å². The van der Waals surface area contributed by atoms with Gasteiger partial charge in [-0.1, -0.05) is 11.6 Å². The Morgan fingerprint density at radius 2 is 1.90 bits per heavy atom. The van der Waals surface area contributed by atoms with Crippen LogP contribution in [0, 0.1) is 10.1 Å². The van der Waals surface area contributed by atoms with E-state index in [4.69, 9.17) is 30.9 Å². The number of nitro benzene ring substituents is 1. The molecule has 0 aromatic heterocycles. The highest BCUT2D eigenvalue weighted by atomic mass is 35.5. The SMILES string of the molecule is O=C(OCCCP(O)O)c1cc(Oc2ccc(C(F)(F)F)cc2Cl)ccc1[N+](=O)[O-]. The molecule has 0 amide bonds. The number of hydrogen-bond acceptors (Lipinski definition) is 7. The molecule has 0 saturated carbocycles. The van der Waals surface area contributed by atoms with E-state index in [2.05, 4.69) is 0 Å². The highest BCUT2D eigenvalue weighted by Crippen LogP contribution is 2.37. The lowest BCUT2D eigenvalue weighted by molar-refractivity contribution is -0.385. The van der Waals surface area contributed by atoms with E-state index in [-0.39, 0.29) is 35.7 Å².